The van der Waals surface area contributed by atoms with Crippen LogP contribution < -0.4 is 0 Å². The Morgan fingerprint density at radius 3 is 1.37 bits per heavy atom. The topological polar surface area (TPSA) is 36.1 Å². The summed E-state index contributed by atoms with van der Waals surface area (Å²) in [5, 5.41) is 9.30. The highest BCUT2D eigenvalue weighted by Crippen LogP contribution is 2.44. The van der Waals surface area contributed by atoms with Gasteiger partial charge in [-0.05, 0) is 65.7 Å². The smallest absolute Gasteiger partial charge is 0.159 e. The minimum absolute atomic E-state index is 0.871. The second-order valence-electron chi connectivity index (χ2n) is 15.2. The maximum atomic E-state index is 7.05. The van der Waals surface area contributed by atoms with E-state index in [1.54, 1.807) is 0 Å². The van der Waals surface area contributed by atoms with Gasteiger partial charge in [0.1, 0.15) is 16.7 Å². The van der Waals surface area contributed by atoms with E-state index in [4.69, 9.17) is 8.83 Å². The summed E-state index contributed by atoms with van der Waals surface area (Å²) in [4.78, 5) is 0. The molecule has 4 heteroatoms. The summed E-state index contributed by atoms with van der Waals surface area (Å²) in [6.45, 7) is 8.00. The van der Waals surface area contributed by atoms with Crippen molar-refractivity contribution in [3.8, 4) is 33.6 Å². The Morgan fingerprint density at radius 1 is 0.306 bits per heavy atom. The summed E-state index contributed by atoms with van der Waals surface area (Å²) in [6.07, 6.45) is 0. The number of benzene rings is 9. The third-order valence-corrected chi connectivity index (χ3v) is 12.1. The van der Waals surface area contributed by atoms with E-state index in [1.807, 2.05) is 33.8 Å². The molecule has 4 aromatic heterocycles. The first kappa shape index (κ1) is 37.2. The molecule has 4 heterocycles. The Balaban J connectivity index is 0.00000105. The lowest BCUT2D eigenvalue weighted by Crippen LogP contribution is -1.95. The number of rotatable bonds is 4. The summed E-state index contributed by atoms with van der Waals surface area (Å²) >= 11 is 0. The molecule has 0 N–H and O–H groups in total. The normalized spacial score (nSPS) is 11.5. The van der Waals surface area contributed by atoms with Gasteiger partial charge in [-0.3, -0.25) is 0 Å². The van der Waals surface area contributed by atoms with Crippen LogP contribution in [0.5, 0.6) is 0 Å². The monoisotopic (exact) mass is 800 g/mol. The standard InChI is InChI=1S/C54H32N2O2.2C2H6/c1-6-24-46-37(16-1)38-17-2-7-25-47(38)55(46)35-31-44(53-45(32-35)41-20-5-10-29-51(41)57-53)34-15-11-14-33(30-34)36-21-12-22-42-43-23-13-28-50(54(43)58-52(36)42)56-48-26-8-3-18-39(48)40-19-4-9-27-49(40)56;2*1-2/h1-32H;2*1-2H3. The van der Waals surface area contributed by atoms with Gasteiger partial charge < -0.3 is 18.0 Å². The summed E-state index contributed by atoms with van der Waals surface area (Å²) in [7, 11) is 0. The number of hydrogen-bond acceptors (Lipinski definition) is 2. The molecule has 0 aliphatic heterocycles. The minimum atomic E-state index is 0.871. The highest BCUT2D eigenvalue weighted by molar-refractivity contribution is 6.16. The van der Waals surface area contributed by atoms with Crippen molar-refractivity contribution in [1.29, 1.82) is 0 Å². The van der Waals surface area contributed by atoms with Crippen LogP contribution in [0.15, 0.2) is 203 Å². The van der Waals surface area contributed by atoms with E-state index in [-0.39, 0.29) is 0 Å². The lowest BCUT2D eigenvalue weighted by Gasteiger charge is -2.12. The van der Waals surface area contributed by atoms with Crippen LogP contribution in [0.4, 0.5) is 0 Å². The van der Waals surface area contributed by atoms with Crippen LogP contribution in [-0.2, 0) is 0 Å². The predicted molar refractivity (Wildman–Crippen MR) is 263 cm³/mol. The van der Waals surface area contributed by atoms with Crippen molar-refractivity contribution in [1.82, 2.24) is 9.13 Å². The van der Waals surface area contributed by atoms with Crippen molar-refractivity contribution in [3.05, 3.63) is 194 Å². The molecule has 0 aliphatic carbocycles. The fourth-order valence-electron chi connectivity index (χ4n) is 9.60. The van der Waals surface area contributed by atoms with E-state index in [2.05, 4.69) is 197 Å². The third-order valence-electron chi connectivity index (χ3n) is 12.1. The molecule has 0 atom stereocenters. The Labute approximate surface area is 359 Å². The Morgan fingerprint density at radius 2 is 0.758 bits per heavy atom. The molecule has 0 saturated heterocycles. The number of furan rings is 2. The van der Waals surface area contributed by atoms with Crippen LogP contribution in [0, 0.1) is 0 Å². The molecule has 4 nitrogen and oxygen atoms in total. The average Bonchev–Trinajstić information content (AvgIpc) is 4.11. The fourth-order valence-corrected chi connectivity index (χ4v) is 9.60. The van der Waals surface area contributed by atoms with Gasteiger partial charge >= 0.3 is 0 Å². The van der Waals surface area contributed by atoms with Crippen LogP contribution in [-0.4, -0.2) is 9.13 Å². The highest BCUT2D eigenvalue weighted by Gasteiger charge is 2.21. The van der Waals surface area contributed by atoms with E-state index in [0.29, 0.717) is 0 Å². The lowest BCUT2D eigenvalue weighted by atomic mass is 9.96. The summed E-state index contributed by atoms with van der Waals surface area (Å²) < 4.78 is 18.5. The van der Waals surface area contributed by atoms with Gasteiger partial charge in [-0.2, -0.15) is 0 Å². The Bertz CT molecular complexity index is 3710. The maximum Gasteiger partial charge on any atom is 0.159 e. The SMILES string of the molecule is CC.CC.c1cc(-c2cc(-n3c4ccccc4c4ccccc43)cc3c2oc2ccccc23)cc(-c2cccc3c2oc2c(-n4c5ccccc5c5ccccc54)cccc23)c1. The predicted octanol–water partition coefficient (Wildman–Crippen LogP) is 17.1. The fraction of sp³-hybridized carbons (Fsp3) is 0.0690. The van der Waals surface area contributed by atoms with Crippen molar-refractivity contribution < 1.29 is 8.83 Å². The number of para-hydroxylation sites is 7. The first-order valence-corrected chi connectivity index (χ1v) is 21.8. The number of fused-ring (bicyclic) bond motifs is 12. The van der Waals surface area contributed by atoms with Gasteiger partial charge in [-0.25, -0.2) is 0 Å². The molecule has 298 valence electrons. The molecule has 13 aromatic rings. The molecule has 0 amide bonds. The number of aromatic nitrogens is 2. The molecule has 62 heavy (non-hydrogen) atoms. The lowest BCUT2D eigenvalue weighted by molar-refractivity contribution is 0.667. The summed E-state index contributed by atoms with van der Waals surface area (Å²) in [5.41, 5.74) is 14.5. The van der Waals surface area contributed by atoms with Crippen LogP contribution in [0.1, 0.15) is 27.7 Å². The molecule has 0 spiro atoms. The van der Waals surface area contributed by atoms with Crippen molar-refractivity contribution in [3.63, 3.8) is 0 Å². The van der Waals surface area contributed by atoms with Crippen molar-refractivity contribution in [2.24, 2.45) is 0 Å². The van der Waals surface area contributed by atoms with E-state index in [9.17, 15) is 0 Å². The second kappa shape index (κ2) is 15.0. The first-order chi connectivity index (χ1) is 30.8. The van der Waals surface area contributed by atoms with Crippen LogP contribution in [0.3, 0.4) is 0 Å². The van der Waals surface area contributed by atoms with Gasteiger partial charge in [-0.1, -0.05) is 167 Å². The minimum Gasteiger partial charge on any atom is -0.455 e. The number of nitrogens with zero attached hydrogens (tertiary/aromatic N) is 2. The average molecular weight is 801 g/mol. The molecule has 0 unspecified atom stereocenters. The summed E-state index contributed by atoms with van der Waals surface area (Å²) in [6, 6.07) is 69.4. The van der Waals surface area contributed by atoms with E-state index in [0.717, 1.165) is 88.5 Å². The quantitative estimate of drug-likeness (QED) is 0.178. The molecular weight excluding hydrogens is 757 g/mol. The largest absolute Gasteiger partial charge is 0.455 e. The molecule has 13 rings (SSSR count). The zero-order chi connectivity index (χ0) is 41.9. The zero-order valence-corrected chi connectivity index (χ0v) is 35.2. The van der Waals surface area contributed by atoms with Crippen molar-refractivity contribution in [2.45, 2.75) is 27.7 Å². The van der Waals surface area contributed by atoms with E-state index in [1.165, 1.54) is 32.6 Å². The Hall–Kier alpha value is -7.82. The molecule has 9 aromatic carbocycles. The molecule has 0 bridgehead atoms. The van der Waals surface area contributed by atoms with Crippen LogP contribution in [0.25, 0.3) is 121 Å². The first-order valence-electron chi connectivity index (χ1n) is 21.8. The molecule has 0 aliphatic rings. The molecule has 0 radical (unpaired) electrons. The van der Waals surface area contributed by atoms with Gasteiger partial charge in [0.05, 0.1) is 27.8 Å². The molecule has 0 fully saturated rings. The van der Waals surface area contributed by atoms with Crippen LogP contribution >= 0.6 is 0 Å². The molecule has 0 saturated carbocycles. The van der Waals surface area contributed by atoms with E-state index >= 15 is 0 Å². The Kier molecular flexibility index (Phi) is 9.01. The van der Waals surface area contributed by atoms with Gasteiger partial charge in [0, 0.05) is 59.9 Å². The van der Waals surface area contributed by atoms with Crippen molar-refractivity contribution >= 4 is 87.5 Å². The van der Waals surface area contributed by atoms with Crippen molar-refractivity contribution in [2.75, 3.05) is 0 Å². The molecular formula is C58H44N2O2. The van der Waals surface area contributed by atoms with E-state index < -0.39 is 0 Å². The van der Waals surface area contributed by atoms with Crippen LogP contribution in [0.2, 0.25) is 0 Å². The maximum absolute atomic E-state index is 7.05. The highest BCUT2D eigenvalue weighted by atomic mass is 16.3. The second-order valence-corrected chi connectivity index (χ2v) is 15.2. The van der Waals surface area contributed by atoms with Gasteiger partial charge in [0.25, 0.3) is 0 Å². The summed E-state index contributed by atoms with van der Waals surface area (Å²) in [5.74, 6) is 0. The zero-order valence-electron chi connectivity index (χ0n) is 35.2. The number of hydrogen-bond donors (Lipinski definition) is 0. The van der Waals surface area contributed by atoms with Gasteiger partial charge in [0.2, 0.25) is 0 Å². The van der Waals surface area contributed by atoms with Gasteiger partial charge in [0.15, 0.2) is 5.58 Å². The third kappa shape index (κ3) is 5.53. The van der Waals surface area contributed by atoms with Gasteiger partial charge in [-0.15, -0.1) is 0 Å².